The number of nitrogens with two attached hydrogens (primary N) is 1. The SMILES string of the molecule is CC(C)CCC[C@@H](C)[C@H]1CC[C@H]2[C@@H]3CC=C4C[C@@H](O)CC[C@]4(C)[C@H]3CC[C@]12CN. The van der Waals surface area contributed by atoms with E-state index < -0.39 is 0 Å². The minimum atomic E-state index is -0.0971. The highest BCUT2D eigenvalue weighted by molar-refractivity contribution is 5.25. The highest BCUT2D eigenvalue weighted by Crippen LogP contribution is 2.67. The number of hydrogen-bond acceptors (Lipinski definition) is 2. The van der Waals surface area contributed by atoms with Gasteiger partial charge < -0.3 is 10.8 Å². The van der Waals surface area contributed by atoms with E-state index in [9.17, 15) is 5.11 Å². The molecule has 4 rings (SSSR count). The number of allylic oxidation sites excluding steroid dienone is 1. The van der Waals surface area contributed by atoms with Crippen LogP contribution in [-0.4, -0.2) is 17.8 Å². The molecule has 0 aliphatic heterocycles. The third kappa shape index (κ3) is 3.65. The van der Waals surface area contributed by atoms with Crippen LogP contribution >= 0.6 is 0 Å². The maximum atomic E-state index is 10.2. The zero-order valence-corrected chi connectivity index (χ0v) is 19.6. The molecular formula is C27H47NO. The topological polar surface area (TPSA) is 46.2 Å². The summed E-state index contributed by atoms with van der Waals surface area (Å²) in [5, 5.41) is 10.2. The highest BCUT2D eigenvalue weighted by Gasteiger charge is 2.60. The molecule has 4 aliphatic rings. The summed E-state index contributed by atoms with van der Waals surface area (Å²) in [7, 11) is 0. The number of fused-ring (bicyclic) bond motifs is 5. The van der Waals surface area contributed by atoms with Crippen LogP contribution in [0.1, 0.15) is 98.3 Å². The molecule has 29 heavy (non-hydrogen) atoms. The molecule has 3 fully saturated rings. The minimum Gasteiger partial charge on any atom is -0.393 e. The molecule has 0 heterocycles. The lowest BCUT2D eigenvalue weighted by Gasteiger charge is -2.59. The van der Waals surface area contributed by atoms with Crippen molar-refractivity contribution in [3.05, 3.63) is 11.6 Å². The Morgan fingerprint density at radius 1 is 1.07 bits per heavy atom. The molecule has 0 aromatic carbocycles. The van der Waals surface area contributed by atoms with Crippen LogP contribution in [-0.2, 0) is 0 Å². The highest BCUT2D eigenvalue weighted by atomic mass is 16.3. The average Bonchev–Trinajstić information content (AvgIpc) is 3.08. The molecule has 166 valence electrons. The third-order valence-corrected chi connectivity index (χ3v) is 10.4. The number of aliphatic hydroxyl groups is 1. The van der Waals surface area contributed by atoms with Crippen LogP contribution in [0, 0.1) is 46.3 Å². The van der Waals surface area contributed by atoms with E-state index in [0.29, 0.717) is 10.8 Å². The lowest BCUT2D eigenvalue weighted by atomic mass is 9.46. The van der Waals surface area contributed by atoms with Gasteiger partial charge in [0.15, 0.2) is 0 Å². The molecule has 4 aliphatic carbocycles. The van der Waals surface area contributed by atoms with Crippen LogP contribution in [0.4, 0.5) is 0 Å². The van der Waals surface area contributed by atoms with Crippen LogP contribution in [0.5, 0.6) is 0 Å². The van der Waals surface area contributed by atoms with E-state index in [1.165, 1.54) is 57.8 Å². The van der Waals surface area contributed by atoms with Gasteiger partial charge in [-0.2, -0.15) is 0 Å². The van der Waals surface area contributed by atoms with Crippen molar-refractivity contribution in [3.8, 4) is 0 Å². The monoisotopic (exact) mass is 401 g/mol. The van der Waals surface area contributed by atoms with E-state index in [4.69, 9.17) is 5.73 Å². The third-order valence-electron chi connectivity index (χ3n) is 10.4. The molecule has 0 bridgehead atoms. The van der Waals surface area contributed by atoms with Gasteiger partial charge in [0.25, 0.3) is 0 Å². The van der Waals surface area contributed by atoms with Gasteiger partial charge in [-0.25, -0.2) is 0 Å². The molecule has 2 nitrogen and oxygen atoms in total. The first-order valence-corrected chi connectivity index (χ1v) is 12.9. The summed E-state index contributed by atoms with van der Waals surface area (Å²) in [5.41, 5.74) is 8.99. The van der Waals surface area contributed by atoms with Crippen LogP contribution in [0.2, 0.25) is 0 Å². The second-order valence-electron chi connectivity index (χ2n) is 12.1. The summed E-state index contributed by atoms with van der Waals surface area (Å²) < 4.78 is 0. The van der Waals surface area contributed by atoms with E-state index >= 15 is 0 Å². The van der Waals surface area contributed by atoms with Gasteiger partial charge >= 0.3 is 0 Å². The Labute approximate surface area is 180 Å². The van der Waals surface area contributed by atoms with Crippen molar-refractivity contribution in [2.24, 2.45) is 52.1 Å². The summed E-state index contributed by atoms with van der Waals surface area (Å²) in [6, 6.07) is 0. The average molecular weight is 402 g/mol. The van der Waals surface area contributed by atoms with E-state index in [0.717, 1.165) is 54.9 Å². The van der Waals surface area contributed by atoms with E-state index in [2.05, 4.69) is 33.8 Å². The second-order valence-corrected chi connectivity index (χ2v) is 12.1. The molecule has 0 amide bonds. The smallest absolute Gasteiger partial charge is 0.0577 e. The van der Waals surface area contributed by atoms with Crippen LogP contribution in [0.25, 0.3) is 0 Å². The van der Waals surface area contributed by atoms with Crippen molar-refractivity contribution in [3.63, 3.8) is 0 Å². The van der Waals surface area contributed by atoms with Crippen molar-refractivity contribution in [2.45, 2.75) is 104 Å². The Morgan fingerprint density at radius 3 is 2.59 bits per heavy atom. The molecule has 0 saturated heterocycles. The first-order valence-electron chi connectivity index (χ1n) is 12.9. The Morgan fingerprint density at radius 2 is 1.86 bits per heavy atom. The summed E-state index contributed by atoms with van der Waals surface area (Å²) in [6.07, 6.45) is 16.6. The first kappa shape index (κ1) is 21.9. The Balaban J connectivity index is 1.53. The number of aliphatic hydroxyl groups excluding tert-OH is 1. The Bertz CT molecular complexity index is 612. The maximum absolute atomic E-state index is 10.2. The fourth-order valence-electron chi connectivity index (χ4n) is 8.80. The molecule has 0 spiro atoms. The van der Waals surface area contributed by atoms with Crippen LogP contribution < -0.4 is 5.73 Å². The number of hydrogen-bond donors (Lipinski definition) is 2. The quantitative estimate of drug-likeness (QED) is 0.511. The second kappa shape index (κ2) is 8.30. The Hall–Kier alpha value is -0.340. The van der Waals surface area contributed by atoms with E-state index in [1.54, 1.807) is 5.57 Å². The van der Waals surface area contributed by atoms with Gasteiger partial charge in [0.05, 0.1) is 6.10 Å². The van der Waals surface area contributed by atoms with Gasteiger partial charge in [0, 0.05) is 0 Å². The standard InChI is InChI=1S/C27H47NO/c1-18(2)6-5-7-19(3)23-10-11-25-22-9-8-20-16-21(29)12-14-26(20,4)24(22)13-15-27(23,25)17-28/h8,18-19,21-25,29H,5-7,9-17,28H2,1-4H3/t19-,21+,22-,23-,24+,25+,26+,27+/m1/s1. The molecule has 3 saturated carbocycles. The van der Waals surface area contributed by atoms with E-state index in [1.807, 2.05) is 0 Å². The summed E-state index contributed by atoms with van der Waals surface area (Å²) >= 11 is 0. The van der Waals surface area contributed by atoms with Gasteiger partial charge in [-0.05, 0) is 104 Å². The summed E-state index contributed by atoms with van der Waals surface area (Å²) in [5.74, 6) is 5.01. The largest absolute Gasteiger partial charge is 0.393 e. The molecular weight excluding hydrogens is 354 g/mol. The summed E-state index contributed by atoms with van der Waals surface area (Å²) in [6.45, 7) is 10.7. The lowest BCUT2D eigenvalue weighted by Crippen LogP contribution is -2.54. The van der Waals surface area contributed by atoms with E-state index in [-0.39, 0.29) is 6.10 Å². The minimum absolute atomic E-state index is 0.0971. The molecule has 0 radical (unpaired) electrons. The Kier molecular flexibility index (Phi) is 6.26. The van der Waals surface area contributed by atoms with Crippen molar-refractivity contribution in [1.82, 2.24) is 0 Å². The fraction of sp³-hybridized carbons (Fsp3) is 0.926. The van der Waals surface area contributed by atoms with Crippen molar-refractivity contribution in [1.29, 1.82) is 0 Å². The summed E-state index contributed by atoms with van der Waals surface area (Å²) in [4.78, 5) is 0. The van der Waals surface area contributed by atoms with Gasteiger partial charge in [0.1, 0.15) is 0 Å². The predicted octanol–water partition coefficient (Wildman–Crippen LogP) is 6.33. The lowest BCUT2D eigenvalue weighted by molar-refractivity contribution is -0.0618. The fourth-order valence-corrected chi connectivity index (χ4v) is 8.80. The molecule has 0 aromatic rings. The van der Waals surface area contributed by atoms with Crippen molar-refractivity contribution in [2.75, 3.05) is 6.54 Å². The zero-order chi connectivity index (χ0) is 20.8. The zero-order valence-electron chi connectivity index (χ0n) is 19.6. The molecule has 0 unspecified atom stereocenters. The van der Waals surface area contributed by atoms with Gasteiger partial charge in [-0.15, -0.1) is 0 Å². The van der Waals surface area contributed by atoms with Crippen LogP contribution in [0.3, 0.4) is 0 Å². The van der Waals surface area contributed by atoms with Crippen molar-refractivity contribution >= 4 is 0 Å². The predicted molar refractivity (Wildman–Crippen MR) is 122 cm³/mol. The maximum Gasteiger partial charge on any atom is 0.0577 e. The number of rotatable bonds is 6. The van der Waals surface area contributed by atoms with Gasteiger partial charge in [-0.1, -0.05) is 58.6 Å². The normalized spacial score (nSPS) is 45.3. The van der Waals surface area contributed by atoms with Crippen molar-refractivity contribution < 1.29 is 5.11 Å². The molecule has 0 aromatic heterocycles. The van der Waals surface area contributed by atoms with Gasteiger partial charge in [0.2, 0.25) is 0 Å². The van der Waals surface area contributed by atoms with Crippen LogP contribution in [0.15, 0.2) is 11.6 Å². The molecule has 8 atom stereocenters. The molecule has 3 N–H and O–H groups in total. The first-order chi connectivity index (χ1) is 13.8. The van der Waals surface area contributed by atoms with Gasteiger partial charge in [-0.3, -0.25) is 0 Å². The molecule has 2 heteroatoms.